The number of fused-ring (bicyclic) bond motifs is 3. The zero-order valence-electron chi connectivity index (χ0n) is 19.8. The Balaban J connectivity index is 1.90. The van der Waals surface area contributed by atoms with Crippen LogP contribution in [0.4, 0.5) is 0 Å². The largest absolute Gasteiger partial charge is 0.0654 e. The quantitative estimate of drug-likeness (QED) is 0.159. The van der Waals surface area contributed by atoms with Crippen LogP contribution in [0.25, 0.3) is 21.5 Å². The summed E-state index contributed by atoms with van der Waals surface area (Å²) in [5.74, 6) is 0. The molecule has 31 heavy (non-hydrogen) atoms. The lowest BCUT2D eigenvalue weighted by Gasteiger charge is -2.19. The second-order valence-electron chi connectivity index (χ2n) is 9.20. The maximum absolute atomic E-state index is 3.92. The third-order valence-corrected chi connectivity index (χ3v) is 7.44. The molecule has 0 heterocycles. The number of hydrogen-bond acceptors (Lipinski definition) is 0. The molecule has 1 heteroatoms. The molecule has 0 unspecified atom stereocenters. The van der Waals surface area contributed by atoms with Crippen LogP contribution in [0, 0.1) is 0 Å². The van der Waals surface area contributed by atoms with Gasteiger partial charge < -0.3 is 0 Å². The molecule has 0 atom stereocenters. The van der Waals surface area contributed by atoms with Gasteiger partial charge in [0.15, 0.2) is 0 Å². The Hall–Kier alpha value is -1.34. The molecule has 3 aromatic carbocycles. The highest BCUT2D eigenvalue weighted by Crippen LogP contribution is 2.38. The van der Waals surface area contributed by atoms with E-state index in [4.69, 9.17) is 0 Å². The fraction of sp³-hybridized carbons (Fsp3) is 0.533. The summed E-state index contributed by atoms with van der Waals surface area (Å²) in [6.45, 7) is 4.60. The van der Waals surface area contributed by atoms with Crippen LogP contribution in [0.5, 0.6) is 0 Å². The van der Waals surface area contributed by atoms with Crippen LogP contribution in [-0.4, -0.2) is 0 Å². The van der Waals surface area contributed by atoms with Crippen molar-refractivity contribution in [2.75, 3.05) is 0 Å². The van der Waals surface area contributed by atoms with Crippen molar-refractivity contribution in [3.05, 3.63) is 58.1 Å². The van der Waals surface area contributed by atoms with Crippen molar-refractivity contribution >= 4 is 37.5 Å². The summed E-state index contributed by atoms with van der Waals surface area (Å²) in [6.07, 6.45) is 18.7. The fourth-order valence-electron chi connectivity index (χ4n) is 5.08. The van der Waals surface area contributed by atoms with Crippen molar-refractivity contribution < 1.29 is 0 Å². The van der Waals surface area contributed by atoms with Crippen molar-refractivity contribution in [2.45, 2.75) is 104 Å². The Morgan fingerprint density at radius 3 is 1.68 bits per heavy atom. The molecule has 0 saturated carbocycles. The molecule has 3 aromatic rings. The first-order valence-electron chi connectivity index (χ1n) is 12.9. The van der Waals surface area contributed by atoms with Crippen LogP contribution in [0.1, 0.15) is 102 Å². The number of benzene rings is 3. The lowest BCUT2D eigenvalue weighted by Crippen LogP contribution is -2.00. The summed E-state index contributed by atoms with van der Waals surface area (Å²) in [6, 6.07) is 15.9. The number of halogens is 1. The summed E-state index contributed by atoms with van der Waals surface area (Å²) in [5, 5.41) is 5.79. The van der Waals surface area contributed by atoms with E-state index >= 15 is 0 Å². The maximum atomic E-state index is 3.92. The van der Waals surface area contributed by atoms with Gasteiger partial charge in [0.1, 0.15) is 0 Å². The van der Waals surface area contributed by atoms with Gasteiger partial charge in [-0.15, -0.1) is 0 Å². The average Bonchev–Trinajstić information content (AvgIpc) is 2.79. The van der Waals surface area contributed by atoms with Gasteiger partial charge in [-0.05, 0) is 64.4 Å². The maximum Gasteiger partial charge on any atom is 0.0256 e. The van der Waals surface area contributed by atoms with E-state index in [0.29, 0.717) is 0 Å². The molecule has 0 amide bonds. The lowest BCUT2D eigenvalue weighted by atomic mass is 9.86. The highest BCUT2D eigenvalue weighted by atomic mass is 79.9. The molecular formula is C30H41Br. The number of aryl methyl sites for hydroxylation is 2. The minimum absolute atomic E-state index is 1.21. The number of rotatable bonds is 14. The third kappa shape index (κ3) is 6.58. The fourth-order valence-corrected chi connectivity index (χ4v) is 5.68. The average molecular weight is 482 g/mol. The van der Waals surface area contributed by atoms with Crippen molar-refractivity contribution in [1.82, 2.24) is 0 Å². The summed E-state index contributed by atoms with van der Waals surface area (Å²) >= 11 is 3.92. The van der Waals surface area contributed by atoms with E-state index < -0.39 is 0 Å². The first-order chi connectivity index (χ1) is 15.3. The molecule has 0 aliphatic heterocycles. The van der Waals surface area contributed by atoms with Crippen molar-refractivity contribution in [3.63, 3.8) is 0 Å². The van der Waals surface area contributed by atoms with Gasteiger partial charge in [-0.3, -0.25) is 0 Å². The second-order valence-corrected chi connectivity index (χ2v) is 10.1. The predicted octanol–water partition coefficient (Wildman–Crippen LogP) is 10.6. The summed E-state index contributed by atoms with van der Waals surface area (Å²) in [4.78, 5) is 0. The molecule has 0 aliphatic carbocycles. The Labute approximate surface area is 199 Å². The molecule has 3 rings (SSSR count). The van der Waals surface area contributed by atoms with E-state index in [9.17, 15) is 0 Å². The second kappa shape index (κ2) is 13.3. The minimum atomic E-state index is 1.21. The van der Waals surface area contributed by atoms with Crippen LogP contribution in [0.15, 0.2) is 46.9 Å². The molecule has 168 valence electrons. The molecule has 0 aromatic heterocycles. The third-order valence-electron chi connectivity index (χ3n) is 6.78. The van der Waals surface area contributed by atoms with Crippen LogP contribution in [0.3, 0.4) is 0 Å². The van der Waals surface area contributed by atoms with Crippen molar-refractivity contribution in [1.29, 1.82) is 0 Å². The van der Waals surface area contributed by atoms with Gasteiger partial charge >= 0.3 is 0 Å². The smallest absolute Gasteiger partial charge is 0.0256 e. The van der Waals surface area contributed by atoms with E-state index in [0.717, 1.165) is 0 Å². The normalized spacial score (nSPS) is 11.6. The molecule has 0 fully saturated rings. The van der Waals surface area contributed by atoms with E-state index in [2.05, 4.69) is 72.2 Å². The molecule has 0 bridgehead atoms. The van der Waals surface area contributed by atoms with Gasteiger partial charge in [0.05, 0.1) is 0 Å². The van der Waals surface area contributed by atoms with Gasteiger partial charge in [0.2, 0.25) is 0 Å². The molecule has 0 nitrogen and oxygen atoms in total. The molecule has 0 spiro atoms. The first-order valence-corrected chi connectivity index (χ1v) is 13.7. The van der Waals surface area contributed by atoms with Gasteiger partial charge in [-0.2, -0.15) is 0 Å². The Morgan fingerprint density at radius 1 is 0.516 bits per heavy atom. The van der Waals surface area contributed by atoms with Gasteiger partial charge in [0.25, 0.3) is 0 Å². The first kappa shape index (κ1) is 24.3. The summed E-state index contributed by atoms with van der Waals surface area (Å²) < 4.78 is 1.26. The van der Waals surface area contributed by atoms with Crippen LogP contribution in [0.2, 0.25) is 0 Å². The van der Waals surface area contributed by atoms with Crippen molar-refractivity contribution in [2.24, 2.45) is 0 Å². The van der Waals surface area contributed by atoms with Crippen LogP contribution < -0.4 is 0 Å². The Bertz CT molecular complexity index is 940. The zero-order valence-corrected chi connectivity index (χ0v) is 21.4. The van der Waals surface area contributed by atoms with Gasteiger partial charge in [-0.25, -0.2) is 0 Å². The predicted molar refractivity (Wildman–Crippen MR) is 143 cm³/mol. The van der Waals surface area contributed by atoms with E-state index in [1.165, 1.54) is 116 Å². The highest BCUT2D eigenvalue weighted by Gasteiger charge is 2.15. The zero-order chi connectivity index (χ0) is 21.9. The van der Waals surface area contributed by atoms with Crippen LogP contribution in [-0.2, 0) is 12.8 Å². The monoisotopic (exact) mass is 480 g/mol. The molecule has 0 saturated heterocycles. The topological polar surface area (TPSA) is 0 Å². The molecule has 0 radical (unpaired) electrons. The van der Waals surface area contributed by atoms with Gasteiger partial charge in [-0.1, -0.05) is 130 Å². The molecular weight excluding hydrogens is 440 g/mol. The SMILES string of the molecule is CCCCCCCCc1c(CCCCCCCC)c2c(Br)cccc2c2ccccc12. The van der Waals surface area contributed by atoms with E-state index in [1.54, 1.807) is 11.1 Å². The highest BCUT2D eigenvalue weighted by molar-refractivity contribution is 9.10. The number of hydrogen-bond donors (Lipinski definition) is 0. The van der Waals surface area contributed by atoms with E-state index in [1.807, 2.05) is 0 Å². The number of unbranched alkanes of at least 4 members (excludes halogenated alkanes) is 10. The van der Waals surface area contributed by atoms with E-state index in [-0.39, 0.29) is 0 Å². The minimum Gasteiger partial charge on any atom is -0.0654 e. The van der Waals surface area contributed by atoms with Crippen LogP contribution >= 0.6 is 15.9 Å². The lowest BCUT2D eigenvalue weighted by molar-refractivity contribution is 0.600. The summed E-state index contributed by atoms with van der Waals surface area (Å²) in [7, 11) is 0. The molecule has 0 N–H and O–H groups in total. The standard InChI is InChI=1S/C30H41Br/c1-3-5-7-9-11-13-18-25-24-19-15-16-20-26(24)28-22-17-23-29(31)30(28)27(25)21-14-12-10-8-6-4-2/h15-17,19-20,22-23H,3-14,18,21H2,1-2H3. The Kier molecular flexibility index (Phi) is 10.4. The Morgan fingerprint density at radius 2 is 1.03 bits per heavy atom. The molecule has 0 aliphatic rings. The van der Waals surface area contributed by atoms with Gasteiger partial charge in [0, 0.05) is 4.47 Å². The summed E-state index contributed by atoms with van der Waals surface area (Å²) in [5.41, 5.74) is 3.24. The van der Waals surface area contributed by atoms with Crippen molar-refractivity contribution in [3.8, 4) is 0 Å².